The number of para-hydroxylation sites is 2. The van der Waals surface area contributed by atoms with E-state index in [0.717, 1.165) is 24.1 Å². The van der Waals surface area contributed by atoms with Gasteiger partial charge < -0.3 is 15.5 Å². The maximum Gasteiger partial charge on any atom is 0.257 e. The normalized spacial score (nSPS) is 15.2. The molecule has 1 saturated heterocycles. The zero-order chi connectivity index (χ0) is 19.4. The minimum atomic E-state index is -0.709. The van der Waals surface area contributed by atoms with E-state index in [1.54, 1.807) is 11.4 Å². The fraction of sp³-hybridized carbons (Fsp3) is 0.263. The lowest BCUT2D eigenvalue weighted by molar-refractivity contribution is 0.0860. The topological polar surface area (TPSA) is 87.5 Å². The number of halogens is 1. The molecule has 0 aliphatic carbocycles. The number of pyridine rings is 1. The first-order valence-electron chi connectivity index (χ1n) is 9.00. The van der Waals surface area contributed by atoms with E-state index in [0.29, 0.717) is 27.9 Å². The number of nitrogens with one attached hydrogen (secondary N) is 2. The maximum absolute atomic E-state index is 13.9. The zero-order valence-electron chi connectivity index (χ0n) is 15.4. The number of carbonyl (C=O) groups excluding carboxylic acids is 1. The van der Waals surface area contributed by atoms with E-state index in [-0.39, 0.29) is 11.9 Å². The Kier molecular flexibility index (Phi) is 3.66. The summed E-state index contributed by atoms with van der Waals surface area (Å²) in [6.07, 6.45) is 0. The van der Waals surface area contributed by atoms with E-state index in [4.69, 9.17) is 0 Å². The van der Waals surface area contributed by atoms with Gasteiger partial charge in [-0.2, -0.15) is 4.39 Å². The lowest BCUT2D eigenvalue weighted by Crippen LogP contribution is -2.57. The van der Waals surface area contributed by atoms with Gasteiger partial charge in [-0.05, 0) is 19.2 Å². The average molecular weight is 379 g/mol. The number of fused-ring (bicyclic) bond motifs is 5. The van der Waals surface area contributed by atoms with E-state index < -0.39 is 5.95 Å². The number of imidazole rings is 1. The van der Waals surface area contributed by atoms with Crippen LogP contribution in [0, 0.1) is 5.95 Å². The number of amides is 1. The maximum atomic E-state index is 13.9. The van der Waals surface area contributed by atoms with Crippen molar-refractivity contribution in [2.24, 2.45) is 0 Å². The van der Waals surface area contributed by atoms with Gasteiger partial charge in [0.15, 0.2) is 11.3 Å². The van der Waals surface area contributed by atoms with Crippen LogP contribution in [0.25, 0.3) is 27.7 Å². The average Bonchev–Trinajstić information content (AvgIpc) is 3.04. The summed E-state index contributed by atoms with van der Waals surface area (Å²) in [4.78, 5) is 20.0. The first-order valence-corrected chi connectivity index (χ1v) is 9.00. The highest BCUT2D eigenvalue weighted by molar-refractivity contribution is 6.13. The Labute approximate surface area is 159 Å². The van der Waals surface area contributed by atoms with Crippen LogP contribution in [0.2, 0.25) is 0 Å². The highest BCUT2D eigenvalue weighted by Crippen LogP contribution is 2.33. The third kappa shape index (κ3) is 2.40. The second-order valence-electron chi connectivity index (χ2n) is 7.06. The second-order valence-corrected chi connectivity index (χ2v) is 7.06. The van der Waals surface area contributed by atoms with Crippen LogP contribution in [0.3, 0.4) is 0 Å². The van der Waals surface area contributed by atoms with Crippen LogP contribution in [0.15, 0.2) is 30.3 Å². The number of anilines is 1. The van der Waals surface area contributed by atoms with Crippen molar-refractivity contribution >= 4 is 39.3 Å². The molecule has 1 amide bonds. The van der Waals surface area contributed by atoms with Gasteiger partial charge in [-0.25, -0.2) is 4.98 Å². The molecule has 8 nitrogen and oxygen atoms in total. The number of hydrogen-bond acceptors (Lipinski definition) is 6. The number of benzene rings is 1. The Morgan fingerprint density at radius 2 is 2.00 bits per heavy atom. The Morgan fingerprint density at radius 3 is 2.75 bits per heavy atom. The van der Waals surface area contributed by atoms with Crippen molar-refractivity contribution in [2.45, 2.75) is 6.04 Å². The van der Waals surface area contributed by atoms with Gasteiger partial charge >= 0.3 is 0 Å². The van der Waals surface area contributed by atoms with Gasteiger partial charge in [0.2, 0.25) is 5.95 Å². The molecule has 5 rings (SSSR count). The molecule has 142 valence electrons. The number of aromatic nitrogens is 4. The van der Waals surface area contributed by atoms with Crippen molar-refractivity contribution in [1.29, 1.82) is 0 Å². The Balaban J connectivity index is 1.84. The molecular formula is C19H18FN7O. The first-order chi connectivity index (χ1) is 13.6. The van der Waals surface area contributed by atoms with Gasteiger partial charge in [-0.15, -0.1) is 10.2 Å². The minimum Gasteiger partial charge on any atom is -0.387 e. The molecule has 4 aromatic rings. The van der Waals surface area contributed by atoms with Crippen molar-refractivity contribution in [1.82, 2.24) is 29.8 Å². The van der Waals surface area contributed by atoms with Crippen LogP contribution in [0.1, 0.15) is 10.4 Å². The molecule has 0 bridgehead atoms. The van der Waals surface area contributed by atoms with Gasteiger partial charge in [0.1, 0.15) is 5.56 Å². The summed E-state index contributed by atoms with van der Waals surface area (Å²) >= 11 is 0. The van der Waals surface area contributed by atoms with E-state index >= 15 is 0 Å². The van der Waals surface area contributed by atoms with Crippen molar-refractivity contribution < 1.29 is 9.18 Å². The number of hydrogen-bond donors (Lipinski definition) is 2. The summed E-state index contributed by atoms with van der Waals surface area (Å²) in [5.41, 5.74) is 3.26. The van der Waals surface area contributed by atoms with Crippen LogP contribution >= 0.6 is 0 Å². The molecule has 4 heterocycles. The smallest absolute Gasteiger partial charge is 0.257 e. The molecule has 1 aliphatic rings. The SMILES string of the molecule is CNc1c(C(=O)NC2CN(C)C2)c2nc3ccccc3n2c2nnc(F)cc12. The standard InChI is InChI=1S/C19H18FN7O/c1-21-16-11-7-14(20)24-25-17(11)27-13-6-4-3-5-12(13)23-18(27)15(16)19(28)22-10-8-26(2)9-10/h3-7,10,21H,8-9H2,1-2H3,(H,22,28). The molecule has 0 spiro atoms. The van der Waals surface area contributed by atoms with Crippen molar-refractivity contribution in [3.63, 3.8) is 0 Å². The highest BCUT2D eigenvalue weighted by Gasteiger charge is 2.29. The molecule has 0 saturated carbocycles. The molecule has 3 aromatic heterocycles. The summed E-state index contributed by atoms with van der Waals surface area (Å²) in [5, 5.41) is 14.2. The molecule has 1 aromatic carbocycles. The summed E-state index contributed by atoms with van der Waals surface area (Å²) in [6, 6.07) is 8.89. The van der Waals surface area contributed by atoms with E-state index in [1.165, 1.54) is 6.07 Å². The molecule has 0 radical (unpaired) electrons. The van der Waals surface area contributed by atoms with Crippen molar-refractivity contribution in [2.75, 3.05) is 32.5 Å². The largest absolute Gasteiger partial charge is 0.387 e. The lowest BCUT2D eigenvalue weighted by atomic mass is 10.1. The molecule has 28 heavy (non-hydrogen) atoms. The lowest BCUT2D eigenvalue weighted by Gasteiger charge is -2.36. The second kappa shape index (κ2) is 6.10. The van der Waals surface area contributed by atoms with Crippen LogP contribution in [-0.2, 0) is 0 Å². The summed E-state index contributed by atoms with van der Waals surface area (Å²) in [7, 11) is 3.69. The molecule has 0 unspecified atom stereocenters. The molecule has 9 heteroatoms. The number of likely N-dealkylation sites (N-methyl/N-ethyl adjacent to an activating group) is 1. The fourth-order valence-corrected chi connectivity index (χ4v) is 3.89. The van der Waals surface area contributed by atoms with Gasteiger partial charge in [0.05, 0.1) is 22.8 Å². The van der Waals surface area contributed by atoms with Crippen molar-refractivity contribution in [3.05, 3.63) is 41.8 Å². The number of nitrogens with zero attached hydrogens (tertiary/aromatic N) is 5. The zero-order valence-corrected chi connectivity index (χ0v) is 15.4. The predicted octanol–water partition coefficient (Wildman–Crippen LogP) is 1.66. The summed E-state index contributed by atoms with van der Waals surface area (Å²) < 4.78 is 15.7. The number of likely N-dealkylation sites (tertiary alicyclic amines) is 1. The van der Waals surface area contributed by atoms with Gasteiger partial charge in [0.25, 0.3) is 5.91 Å². The molecule has 0 atom stereocenters. The summed E-state index contributed by atoms with van der Waals surface area (Å²) in [6.45, 7) is 1.59. The monoisotopic (exact) mass is 379 g/mol. The highest BCUT2D eigenvalue weighted by atomic mass is 19.1. The van der Waals surface area contributed by atoms with E-state index in [2.05, 4.69) is 30.7 Å². The molecule has 2 N–H and O–H groups in total. The molecule has 1 fully saturated rings. The third-order valence-corrected chi connectivity index (χ3v) is 5.14. The minimum absolute atomic E-state index is 0.0784. The van der Waals surface area contributed by atoms with Crippen molar-refractivity contribution in [3.8, 4) is 0 Å². The van der Waals surface area contributed by atoms with Crippen LogP contribution in [0.4, 0.5) is 10.1 Å². The molecule has 1 aliphatic heterocycles. The van der Waals surface area contributed by atoms with Crippen LogP contribution < -0.4 is 10.6 Å². The van der Waals surface area contributed by atoms with Gasteiger partial charge in [-0.3, -0.25) is 9.20 Å². The fourth-order valence-electron chi connectivity index (χ4n) is 3.89. The third-order valence-electron chi connectivity index (χ3n) is 5.14. The Bertz CT molecular complexity index is 1250. The Morgan fingerprint density at radius 1 is 1.21 bits per heavy atom. The van der Waals surface area contributed by atoms with Crippen LogP contribution in [-0.4, -0.2) is 63.6 Å². The predicted molar refractivity (Wildman–Crippen MR) is 104 cm³/mol. The quantitative estimate of drug-likeness (QED) is 0.563. The van der Waals surface area contributed by atoms with Gasteiger partial charge in [-0.1, -0.05) is 12.1 Å². The van der Waals surface area contributed by atoms with Gasteiger partial charge in [0, 0.05) is 31.6 Å². The Hall–Kier alpha value is -3.33. The summed E-state index contributed by atoms with van der Waals surface area (Å²) in [5.74, 6) is -0.957. The number of rotatable bonds is 3. The van der Waals surface area contributed by atoms with E-state index in [1.807, 2.05) is 31.3 Å². The first kappa shape index (κ1) is 16.8. The number of carbonyl (C=O) groups is 1. The molecular weight excluding hydrogens is 361 g/mol. The van der Waals surface area contributed by atoms with Crippen LogP contribution in [0.5, 0.6) is 0 Å². The van der Waals surface area contributed by atoms with E-state index in [9.17, 15) is 9.18 Å².